The van der Waals surface area contributed by atoms with Crippen molar-refractivity contribution in [1.29, 1.82) is 0 Å². The zero-order valence-corrected chi connectivity index (χ0v) is 10.8. The first-order chi connectivity index (χ1) is 7.34. The van der Waals surface area contributed by atoms with Gasteiger partial charge in [0.15, 0.2) is 0 Å². The Balaban J connectivity index is 2.93. The van der Waals surface area contributed by atoms with E-state index in [1.54, 1.807) is 19.3 Å². The van der Waals surface area contributed by atoms with Crippen LogP contribution in [0.15, 0.2) is 29.2 Å². The Labute approximate surface area is 98.4 Å². The minimum Gasteiger partial charge on any atom is -0.399 e. The van der Waals surface area contributed by atoms with Crippen LogP contribution in [0.2, 0.25) is 0 Å². The summed E-state index contributed by atoms with van der Waals surface area (Å²) in [7, 11) is 1.36. The van der Waals surface area contributed by atoms with E-state index in [9.17, 15) is 0 Å². The Kier molecular flexibility index (Phi) is 3.76. The van der Waals surface area contributed by atoms with Crippen molar-refractivity contribution in [2.24, 2.45) is 4.99 Å². The highest BCUT2D eigenvalue weighted by atomic mass is 16.7. The molecule has 0 spiro atoms. The Morgan fingerprint density at radius 2 is 1.69 bits per heavy atom. The van der Waals surface area contributed by atoms with Crippen LogP contribution >= 0.6 is 0 Å². The van der Waals surface area contributed by atoms with Crippen molar-refractivity contribution in [2.45, 2.75) is 38.9 Å². The topological polar surface area (TPSA) is 30.8 Å². The van der Waals surface area contributed by atoms with Gasteiger partial charge in [-0.05, 0) is 27.7 Å². The van der Waals surface area contributed by atoms with Crippen LogP contribution in [0.4, 0.5) is 0 Å². The van der Waals surface area contributed by atoms with Gasteiger partial charge in [-0.1, -0.05) is 18.7 Å². The average molecular weight is 221 g/mol. The zero-order chi connectivity index (χ0) is 12.4. The van der Waals surface area contributed by atoms with Crippen LogP contribution in [0.3, 0.4) is 0 Å². The van der Waals surface area contributed by atoms with E-state index in [0.29, 0.717) is 0 Å². The van der Waals surface area contributed by atoms with Crippen molar-refractivity contribution in [3.05, 3.63) is 24.2 Å². The van der Waals surface area contributed by atoms with Crippen molar-refractivity contribution in [3.8, 4) is 0 Å². The highest BCUT2D eigenvalue weighted by molar-refractivity contribution is 6.60. The molecule has 0 aliphatic carbocycles. The highest BCUT2D eigenvalue weighted by Crippen LogP contribution is 2.38. The third-order valence-corrected chi connectivity index (χ3v) is 3.11. The van der Waals surface area contributed by atoms with Crippen molar-refractivity contribution >= 4 is 13.3 Å². The highest BCUT2D eigenvalue weighted by Gasteiger charge is 2.52. The number of aliphatic imine (C=N–C) groups is 1. The molecule has 0 aromatic heterocycles. The number of rotatable bonds is 3. The molecule has 0 N–H and O–H groups in total. The molecule has 0 bridgehead atoms. The monoisotopic (exact) mass is 221 g/mol. The second kappa shape index (κ2) is 4.56. The summed E-state index contributed by atoms with van der Waals surface area (Å²) >= 11 is 0. The summed E-state index contributed by atoms with van der Waals surface area (Å²) in [6, 6.07) is 0. The molecule has 0 radical (unpaired) electrons. The van der Waals surface area contributed by atoms with E-state index in [1.807, 2.05) is 33.8 Å². The molecule has 0 unspecified atom stereocenters. The van der Waals surface area contributed by atoms with Gasteiger partial charge in [-0.3, -0.25) is 4.99 Å². The molecule has 88 valence electrons. The zero-order valence-electron chi connectivity index (χ0n) is 10.8. The van der Waals surface area contributed by atoms with Gasteiger partial charge in [0, 0.05) is 18.7 Å². The van der Waals surface area contributed by atoms with Gasteiger partial charge >= 0.3 is 7.12 Å². The lowest BCUT2D eigenvalue weighted by Gasteiger charge is -2.32. The molecule has 0 saturated carbocycles. The fourth-order valence-corrected chi connectivity index (χ4v) is 1.45. The largest absolute Gasteiger partial charge is 0.496 e. The summed E-state index contributed by atoms with van der Waals surface area (Å²) in [5.41, 5.74) is 0.245. The van der Waals surface area contributed by atoms with Crippen LogP contribution in [-0.4, -0.2) is 31.6 Å². The minimum atomic E-state index is -0.369. The van der Waals surface area contributed by atoms with Gasteiger partial charge in [-0.25, -0.2) is 0 Å². The van der Waals surface area contributed by atoms with Crippen molar-refractivity contribution in [1.82, 2.24) is 0 Å². The molecular formula is C12H20BNO2. The average Bonchev–Trinajstić information content (AvgIpc) is 2.36. The molecule has 4 heteroatoms. The Hall–Kier alpha value is -0.865. The molecule has 3 nitrogen and oxygen atoms in total. The summed E-state index contributed by atoms with van der Waals surface area (Å²) in [6.45, 7) is 11.8. The molecule has 1 aliphatic rings. The van der Waals surface area contributed by atoms with Gasteiger partial charge < -0.3 is 9.31 Å². The maximum atomic E-state index is 5.90. The van der Waals surface area contributed by atoms with Crippen LogP contribution in [0.1, 0.15) is 27.7 Å². The molecule has 1 fully saturated rings. The van der Waals surface area contributed by atoms with Crippen molar-refractivity contribution in [2.75, 3.05) is 7.05 Å². The second-order valence-electron chi connectivity index (χ2n) is 4.88. The summed E-state index contributed by atoms with van der Waals surface area (Å²) in [6.07, 6.45) is 5.31. The van der Waals surface area contributed by atoms with Crippen LogP contribution in [0, 0.1) is 0 Å². The summed E-state index contributed by atoms with van der Waals surface area (Å²) in [5.74, 6) is 0. The maximum absolute atomic E-state index is 5.90. The molecular weight excluding hydrogens is 201 g/mol. The van der Waals surface area contributed by atoms with E-state index in [-0.39, 0.29) is 18.3 Å². The maximum Gasteiger partial charge on any atom is 0.496 e. The molecule has 1 heterocycles. The third-order valence-electron chi connectivity index (χ3n) is 3.11. The molecule has 1 rings (SSSR count). The first-order valence-electron chi connectivity index (χ1n) is 5.44. The summed E-state index contributed by atoms with van der Waals surface area (Å²) in [4.78, 5) is 3.99. The summed E-state index contributed by atoms with van der Waals surface area (Å²) < 4.78 is 11.8. The number of allylic oxidation sites excluding steroid dienone is 3. The van der Waals surface area contributed by atoms with Gasteiger partial charge in [0.05, 0.1) is 11.2 Å². The smallest absolute Gasteiger partial charge is 0.399 e. The minimum absolute atomic E-state index is 0.320. The molecule has 0 aromatic rings. The van der Waals surface area contributed by atoms with E-state index in [4.69, 9.17) is 9.31 Å². The molecule has 16 heavy (non-hydrogen) atoms. The van der Waals surface area contributed by atoms with Crippen LogP contribution in [0.5, 0.6) is 0 Å². The Bertz CT molecular complexity index is 316. The summed E-state index contributed by atoms with van der Waals surface area (Å²) in [5, 5.41) is 0. The van der Waals surface area contributed by atoms with Gasteiger partial charge in [0.2, 0.25) is 0 Å². The Morgan fingerprint density at radius 1 is 1.19 bits per heavy atom. The number of hydrogen-bond acceptors (Lipinski definition) is 3. The molecule has 0 atom stereocenters. The molecule has 0 aromatic carbocycles. The van der Waals surface area contributed by atoms with Crippen LogP contribution < -0.4 is 0 Å². The predicted molar refractivity (Wildman–Crippen MR) is 68.8 cm³/mol. The molecule has 1 saturated heterocycles. The lowest BCUT2D eigenvalue weighted by atomic mass is 9.78. The quantitative estimate of drug-likeness (QED) is 0.416. The lowest BCUT2D eigenvalue weighted by molar-refractivity contribution is 0.00578. The van der Waals surface area contributed by atoms with E-state index >= 15 is 0 Å². The van der Waals surface area contributed by atoms with Gasteiger partial charge in [-0.2, -0.15) is 0 Å². The fraction of sp³-hybridized carbons (Fsp3) is 0.583. The third kappa shape index (κ3) is 2.44. The van der Waals surface area contributed by atoms with Crippen LogP contribution in [0.25, 0.3) is 0 Å². The van der Waals surface area contributed by atoms with Gasteiger partial charge in [0.25, 0.3) is 0 Å². The number of nitrogens with zero attached hydrogens (tertiary/aromatic N) is 1. The molecule has 0 amide bonds. The molecule has 1 aliphatic heterocycles. The normalized spacial score (nSPS) is 24.1. The first-order valence-corrected chi connectivity index (χ1v) is 5.44. The standard InChI is InChI=1S/C12H20BNO2/c1-7-8-10(9-14-6)13-15-11(2,3)12(4,5)16-13/h7-9H,1H2,2-6H3/b10-8+,14-9?. The fourth-order valence-electron chi connectivity index (χ4n) is 1.45. The second-order valence-corrected chi connectivity index (χ2v) is 4.88. The van der Waals surface area contributed by atoms with Gasteiger partial charge in [-0.15, -0.1) is 0 Å². The lowest BCUT2D eigenvalue weighted by Crippen LogP contribution is -2.41. The van der Waals surface area contributed by atoms with Gasteiger partial charge in [0.1, 0.15) is 0 Å². The van der Waals surface area contributed by atoms with E-state index in [2.05, 4.69) is 11.6 Å². The number of hydrogen-bond donors (Lipinski definition) is 0. The van der Waals surface area contributed by atoms with E-state index in [0.717, 1.165) is 5.47 Å². The van der Waals surface area contributed by atoms with E-state index in [1.165, 1.54) is 0 Å². The van der Waals surface area contributed by atoms with Crippen molar-refractivity contribution < 1.29 is 9.31 Å². The van der Waals surface area contributed by atoms with E-state index < -0.39 is 0 Å². The van der Waals surface area contributed by atoms with Crippen LogP contribution in [-0.2, 0) is 9.31 Å². The van der Waals surface area contributed by atoms with Crippen molar-refractivity contribution in [3.63, 3.8) is 0 Å². The first kappa shape index (κ1) is 13.2. The predicted octanol–water partition coefficient (Wildman–Crippen LogP) is 2.43. The SMILES string of the molecule is C=C/C=C(\C=NC)B1OC(C)(C)C(C)(C)O1. The Morgan fingerprint density at radius 3 is 2.06 bits per heavy atom.